The second-order valence-corrected chi connectivity index (χ2v) is 8.07. The third-order valence-corrected chi connectivity index (χ3v) is 5.91. The molecule has 1 aliphatic carbocycles. The molecule has 0 saturated carbocycles. The molecule has 7 heteroatoms. The highest BCUT2D eigenvalue weighted by atomic mass is 19.1. The van der Waals surface area contributed by atoms with Crippen LogP contribution >= 0.6 is 0 Å². The number of nitrogens with two attached hydrogens (primary N) is 1. The number of carbonyl (C=O) groups is 1. The number of allylic oxidation sites excluding steroid dienone is 1. The van der Waals surface area contributed by atoms with Gasteiger partial charge in [0.25, 0.3) is 5.91 Å². The number of hydrogen-bond acceptors (Lipinski definition) is 4. The van der Waals surface area contributed by atoms with Gasteiger partial charge in [-0.1, -0.05) is 29.8 Å². The number of amides is 1. The number of rotatable bonds is 5. The summed E-state index contributed by atoms with van der Waals surface area (Å²) in [4.78, 5) is 22.6. The Labute approximate surface area is 185 Å². The zero-order valence-corrected chi connectivity index (χ0v) is 17.6. The first-order valence-corrected chi connectivity index (χ1v) is 10.9. The molecule has 2 aromatic carbocycles. The van der Waals surface area contributed by atoms with E-state index in [1.807, 2.05) is 24.3 Å². The van der Waals surface area contributed by atoms with Crippen molar-refractivity contribution in [2.45, 2.75) is 32.1 Å². The largest absolute Gasteiger partial charge is 0.384 e. The van der Waals surface area contributed by atoms with Crippen LogP contribution in [0.2, 0.25) is 0 Å². The number of benzene rings is 2. The molecule has 6 nitrogen and oxygen atoms in total. The number of anilines is 1. The van der Waals surface area contributed by atoms with E-state index in [0.29, 0.717) is 34.4 Å². The summed E-state index contributed by atoms with van der Waals surface area (Å²) >= 11 is 0. The summed E-state index contributed by atoms with van der Waals surface area (Å²) in [6, 6.07) is 13.5. The molecule has 3 N–H and O–H groups in total. The number of nitrogens with one attached hydrogen (secondary N) is 1. The molecule has 0 radical (unpaired) electrons. The van der Waals surface area contributed by atoms with Crippen molar-refractivity contribution in [1.29, 1.82) is 0 Å². The van der Waals surface area contributed by atoms with Crippen LogP contribution in [0.3, 0.4) is 0 Å². The molecular formula is C25H24FN5O. The molecule has 2 heterocycles. The molecule has 0 atom stereocenters. The van der Waals surface area contributed by atoms with Crippen LogP contribution in [-0.4, -0.2) is 27.0 Å². The lowest BCUT2D eigenvalue weighted by Gasteiger charge is -2.13. The molecule has 4 aromatic rings. The van der Waals surface area contributed by atoms with Crippen LogP contribution < -0.4 is 11.1 Å². The van der Waals surface area contributed by atoms with E-state index in [-0.39, 0.29) is 17.3 Å². The highest BCUT2D eigenvalue weighted by molar-refractivity contribution is 6.11. The molecule has 1 amide bonds. The van der Waals surface area contributed by atoms with E-state index in [1.165, 1.54) is 30.5 Å². The van der Waals surface area contributed by atoms with Crippen LogP contribution in [0.5, 0.6) is 0 Å². The predicted molar refractivity (Wildman–Crippen MR) is 124 cm³/mol. The van der Waals surface area contributed by atoms with Crippen LogP contribution in [-0.2, 0) is 0 Å². The van der Waals surface area contributed by atoms with Gasteiger partial charge in [-0.2, -0.15) is 0 Å². The minimum Gasteiger partial charge on any atom is -0.384 e. The molecule has 0 aliphatic heterocycles. The van der Waals surface area contributed by atoms with Gasteiger partial charge in [0, 0.05) is 6.54 Å². The van der Waals surface area contributed by atoms with Gasteiger partial charge in [-0.05, 0) is 62.4 Å². The highest BCUT2D eigenvalue weighted by Crippen LogP contribution is 2.31. The average molecular weight is 429 g/mol. The molecule has 0 fully saturated rings. The maximum Gasteiger partial charge on any atom is 0.257 e. The quantitative estimate of drug-likeness (QED) is 0.441. The van der Waals surface area contributed by atoms with Crippen molar-refractivity contribution in [3.05, 3.63) is 71.6 Å². The van der Waals surface area contributed by atoms with Gasteiger partial charge in [0.05, 0.1) is 16.7 Å². The normalized spacial score (nSPS) is 14.0. The number of nitrogen functional groups attached to an aromatic ring is 1. The lowest BCUT2D eigenvalue weighted by atomic mass is 9.97. The molecule has 0 unspecified atom stereocenters. The van der Waals surface area contributed by atoms with Crippen molar-refractivity contribution in [2.75, 3.05) is 12.3 Å². The van der Waals surface area contributed by atoms with E-state index in [0.717, 1.165) is 19.3 Å². The zero-order valence-electron chi connectivity index (χ0n) is 17.6. The van der Waals surface area contributed by atoms with Gasteiger partial charge in [-0.3, -0.25) is 9.36 Å². The summed E-state index contributed by atoms with van der Waals surface area (Å²) in [5.74, 6) is -0.511. The first-order chi connectivity index (χ1) is 15.6. The van der Waals surface area contributed by atoms with Crippen molar-refractivity contribution in [1.82, 2.24) is 19.9 Å². The maximum absolute atomic E-state index is 14.0. The molecule has 0 saturated heterocycles. The second kappa shape index (κ2) is 8.42. The molecular weight excluding hydrogens is 405 g/mol. The fourth-order valence-electron chi connectivity index (χ4n) is 4.32. The van der Waals surface area contributed by atoms with Crippen molar-refractivity contribution in [2.24, 2.45) is 0 Å². The van der Waals surface area contributed by atoms with E-state index in [9.17, 15) is 9.18 Å². The Morgan fingerprint density at radius 1 is 1.09 bits per heavy atom. The number of halogens is 1. The summed E-state index contributed by atoms with van der Waals surface area (Å²) in [6.07, 6.45) is 7.74. The number of para-hydroxylation sites is 2. The smallest absolute Gasteiger partial charge is 0.257 e. The molecule has 32 heavy (non-hydrogen) atoms. The Hall–Kier alpha value is -3.74. The van der Waals surface area contributed by atoms with Crippen LogP contribution in [0.4, 0.5) is 10.2 Å². The summed E-state index contributed by atoms with van der Waals surface area (Å²) in [5, 5.41) is 2.99. The van der Waals surface area contributed by atoms with Gasteiger partial charge in [0.2, 0.25) is 0 Å². The molecule has 0 bridgehead atoms. The van der Waals surface area contributed by atoms with Crippen LogP contribution in [0.15, 0.2) is 60.2 Å². The third-order valence-electron chi connectivity index (χ3n) is 5.91. The molecule has 2 aromatic heterocycles. The predicted octanol–water partition coefficient (Wildman–Crippen LogP) is 4.92. The Morgan fingerprint density at radius 2 is 1.91 bits per heavy atom. The standard InChI is InChI=1S/C25H24FN5O/c26-17-9-6-10-18(15-17)31-23(27)21(25(32)28-14-13-16-7-2-1-3-8-16)22-24(31)30-20-12-5-4-11-19(20)29-22/h4-7,9-12,15H,1-3,8,13-14,27H2,(H,28,32). The number of nitrogens with zero attached hydrogens (tertiary/aromatic N) is 3. The van der Waals surface area contributed by atoms with Gasteiger partial charge in [-0.15, -0.1) is 0 Å². The molecule has 162 valence electrons. The van der Waals surface area contributed by atoms with E-state index in [2.05, 4.69) is 11.4 Å². The Bertz CT molecular complexity index is 1360. The van der Waals surface area contributed by atoms with Crippen LogP contribution in [0, 0.1) is 5.82 Å². The fourth-order valence-corrected chi connectivity index (χ4v) is 4.32. The van der Waals surface area contributed by atoms with Crippen LogP contribution in [0.1, 0.15) is 42.5 Å². The van der Waals surface area contributed by atoms with E-state index in [1.54, 1.807) is 16.7 Å². The second-order valence-electron chi connectivity index (χ2n) is 8.07. The van der Waals surface area contributed by atoms with Crippen molar-refractivity contribution in [3.63, 3.8) is 0 Å². The SMILES string of the molecule is Nc1c(C(=O)NCCC2=CCCCC2)c2nc3ccccc3nc2n1-c1cccc(F)c1. The Balaban J connectivity index is 1.58. The summed E-state index contributed by atoms with van der Waals surface area (Å²) in [7, 11) is 0. The summed E-state index contributed by atoms with van der Waals surface area (Å²) in [5.41, 5.74) is 10.8. The summed E-state index contributed by atoms with van der Waals surface area (Å²) < 4.78 is 15.6. The fraction of sp³-hybridized carbons (Fsp3) is 0.240. The lowest BCUT2D eigenvalue weighted by molar-refractivity contribution is 0.0956. The van der Waals surface area contributed by atoms with Crippen molar-refractivity contribution in [3.8, 4) is 5.69 Å². The summed E-state index contributed by atoms with van der Waals surface area (Å²) in [6.45, 7) is 0.526. The van der Waals surface area contributed by atoms with E-state index in [4.69, 9.17) is 15.7 Å². The first kappa shape index (κ1) is 20.2. The zero-order chi connectivity index (χ0) is 22.1. The monoisotopic (exact) mass is 429 g/mol. The van der Waals surface area contributed by atoms with Crippen LogP contribution in [0.25, 0.3) is 27.9 Å². The first-order valence-electron chi connectivity index (χ1n) is 10.9. The van der Waals surface area contributed by atoms with Gasteiger partial charge in [-0.25, -0.2) is 14.4 Å². The molecule has 1 aliphatic rings. The number of carbonyl (C=O) groups excluding carboxylic acids is 1. The number of fused-ring (bicyclic) bond motifs is 2. The van der Waals surface area contributed by atoms with Gasteiger partial charge in [0.15, 0.2) is 5.65 Å². The highest BCUT2D eigenvalue weighted by Gasteiger charge is 2.25. The minimum absolute atomic E-state index is 0.190. The van der Waals surface area contributed by atoms with E-state index >= 15 is 0 Å². The number of hydrogen-bond donors (Lipinski definition) is 2. The third kappa shape index (κ3) is 3.70. The van der Waals surface area contributed by atoms with Gasteiger partial charge < -0.3 is 11.1 Å². The number of aromatic nitrogens is 3. The lowest BCUT2D eigenvalue weighted by Crippen LogP contribution is -2.26. The molecule has 0 spiro atoms. The van der Waals surface area contributed by atoms with Gasteiger partial charge >= 0.3 is 0 Å². The maximum atomic E-state index is 14.0. The average Bonchev–Trinajstić information content (AvgIpc) is 3.08. The van der Waals surface area contributed by atoms with Crippen molar-refractivity contribution < 1.29 is 9.18 Å². The Kier molecular flexibility index (Phi) is 5.31. The topological polar surface area (TPSA) is 85.8 Å². The van der Waals surface area contributed by atoms with Gasteiger partial charge in [0.1, 0.15) is 22.7 Å². The minimum atomic E-state index is -0.399. The Morgan fingerprint density at radius 3 is 2.66 bits per heavy atom. The van der Waals surface area contributed by atoms with E-state index < -0.39 is 5.82 Å². The molecule has 5 rings (SSSR count). The van der Waals surface area contributed by atoms with Crippen molar-refractivity contribution >= 4 is 33.9 Å².